The van der Waals surface area contributed by atoms with Gasteiger partial charge in [-0.1, -0.05) is 11.6 Å². The van der Waals surface area contributed by atoms with Gasteiger partial charge in [0.2, 0.25) is 0 Å². The molecule has 20 heavy (non-hydrogen) atoms. The monoisotopic (exact) mass is 298 g/mol. The van der Waals surface area contributed by atoms with Crippen LogP contribution in [0.2, 0.25) is 5.02 Å². The molecule has 1 atom stereocenters. The second kappa shape index (κ2) is 6.55. The highest BCUT2D eigenvalue weighted by atomic mass is 35.5. The predicted molar refractivity (Wildman–Crippen MR) is 78.7 cm³/mol. The van der Waals surface area contributed by atoms with Crippen LogP contribution in [0.4, 0.5) is 4.39 Å². The fraction of sp³-hybridized carbons (Fsp3) is 0.533. The number of carbonyl (C=O) groups is 1. The average Bonchev–Trinajstić information content (AvgIpc) is 2.43. The number of halogens is 2. The van der Waals surface area contributed by atoms with Crippen LogP contribution >= 0.6 is 11.6 Å². The zero-order chi connectivity index (χ0) is 14.7. The minimum Gasteiger partial charge on any atom is -0.338 e. The van der Waals surface area contributed by atoms with Gasteiger partial charge in [-0.15, -0.1) is 0 Å². The molecule has 1 saturated heterocycles. The Morgan fingerprint density at radius 3 is 3.00 bits per heavy atom. The van der Waals surface area contributed by atoms with Crippen molar-refractivity contribution >= 4 is 17.5 Å². The van der Waals surface area contributed by atoms with Crippen LogP contribution in [-0.2, 0) is 0 Å². The van der Waals surface area contributed by atoms with Gasteiger partial charge < -0.3 is 10.2 Å². The Morgan fingerprint density at radius 2 is 2.30 bits per heavy atom. The molecule has 0 aliphatic carbocycles. The van der Waals surface area contributed by atoms with E-state index in [1.54, 1.807) is 13.0 Å². The fourth-order valence-corrected chi connectivity index (χ4v) is 2.93. The van der Waals surface area contributed by atoms with E-state index in [0.29, 0.717) is 17.0 Å². The van der Waals surface area contributed by atoms with E-state index in [0.717, 1.165) is 32.5 Å². The standard InChI is InChI=1S/C15H20ClFN2O/c1-10-6-12(13(16)7-14(10)17)15(20)19-5-3-4-11(9-19)8-18-2/h6-7,11,18H,3-5,8-9H2,1-2H3/t11-/m0/s1. The molecule has 1 amide bonds. The Bertz CT molecular complexity index is 505. The topological polar surface area (TPSA) is 32.3 Å². The molecule has 1 N–H and O–H groups in total. The van der Waals surface area contributed by atoms with Crippen LogP contribution in [0.15, 0.2) is 12.1 Å². The lowest BCUT2D eigenvalue weighted by molar-refractivity contribution is 0.0674. The minimum atomic E-state index is -0.377. The Morgan fingerprint density at radius 1 is 1.55 bits per heavy atom. The van der Waals surface area contributed by atoms with E-state index in [1.165, 1.54) is 6.07 Å². The molecule has 1 aromatic carbocycles. The molecule has 0 saturated carbocycles. The molecule has 1 aliphatic rings. The van der Waals surface area contributed by atoms with E-state index in [-0.39, 0.29) is 16.7 Å². The number of benzene rings is 1. The van der Waals surface area contributed by atoms with Crippen molar-refractivity contribution in [2.24, 2.45) is 5.92 Å². The molecule has 0 aromatic heterocycles. The van der Waals surface area contributed by atoms with Crippen molar-refractivity contribution in [3.05, 3.63) is 34.1 Å². The molecular formula is C15H20ClFN2O. The summed E-state index contributed by atoms with van der Waals surface area (Å²) in [6.07, 6.45) is 2.12. The summed E-state index contributed by atoms with van der Waals surface area (Å²) in [5.74, 6) is -0.00447. The second-order valence-corrected chi connectivity index (χ2v) is 5.81. The molecule has 5 heteroatoms. The molecule has 0 bridgehead atoms. The van der Waals surface area contributed by atoms with Crippen LogP contribution in [-0.4, -0.2) is 37.5 Å². The summed E-state index contributed by atoms with van der Waals surface area (Å²) >= 11 is 6.01. The van der Waals surface area contributed by atoms with Crippen molar-refractivity contribution < 1.29 is 9.18 Å². The first-order valence-electron chi connectivity index (χ1n) is 6.92. The molecule has 2 rings (SSSR count). The molecule has 0 unspecified atom stereocenters. The van der Waals surface area contributed by atoms with Crippen LogP contribution in [0.1, 0.15) is 28.8 Å². The number of rotatable bonds is 3. The van der Waals surface area contributed by atoms with Crippen molar-refractivity contribution in [1.29, 1.82) is 0 Å². The van der Waals surface area contributed by atoms with Gasteiger partial charge in [0.15, 0.2) is 0 Å². The van der Waals surface area contributed by atoms with Crippen molar-refractivity contribution in [1.82, 2.24) is 10.2 Å². The zero-order valence-corrected chi connectivity index (χ0v) is 12.6. The minimum absolute atomic E-state index is 0.0982. The van der Waals surface area contributed by atoms with Crippen molar-refractivity contribution in [3.63, 3.8) is 0 Å². The van der Waals surface area contributed by atoms with Crippen LogP contribution in [0.5, 0.6) is 0 Å². The van der Waals surface area contributed by atoms with Gasteiger partial charge in [0.1, 0.15) is 5.82 Å². The normalized spacial score (nSPS) is 19.2. The molecule has 0 radical (unpaired) electrons. The van der Waals surface area contributed by atoms with Gasteiger partial charge in [0.25, 0.3) is 5.91 Å². The third-order valence-electron chi connectivity index (χ3n) is 3.78. The maximum Gasteiger partial charge on any atom is 0.255 e. The number of amides is 1. The summed E-state index contributed by atoms with van der Waals surface area (Å²) in [5, 5.41) is 3.34. The smallest absolute Gasteiger partial charge is 0.255 e. The highest BCUT2D eigenvalue weighted by molar-refractivity contribution is 6.33. The fourth-order valence-electron chi connectivity index (χ4n) is 2.70. The number of likely N-dealkylation sites (tertiary alicyclic amines) is 1. The van der Waals surface area contributed by atoms with Crippen molar-refractivity contribution in [2.45, 2.75) is 19.8 Å². The number of hydrogen-bond acceptors (Lipinski definition) is 2. The number of hydrogen-bond donors (Lipinski definition) is 1. The lowest BCUT2D eigenvalue weighted by Gasteiger charge is -2.33. The average molecular weight is 299 g/mol. The van der Waals surface area contributed by atoms with Gasteiger partial charge in [0, 0.05) is 13.1 Å². The van der Waals surface area contributed by atoms with E-state index < -0.39 is 0 Å². The maximum atomic E-state index is 13.4. The summed E-state index contributed by atoms with van der Waals surface area (Å²) in [7, 11) is 1.92. The molecule has 1 heterocycles. The van der Waals surface area contributed by atoms with E-state index in [2.05, 4.69) is 5.32 Å². The van der Waals surface area contributed by atoms with Gasteiger partial charge in [-0.3, -0.25) is 4.79 Å². The summed E-state index contributed by atoms with van der Waals surface area (Å²) in [5.41, 5.74) is 0.845. The highest BCUT2D eigenvalue weighted by Crippen LogP contribution is 2.24. The zero-order valence-electron chi connectivity index (χ0n) is 11.9. The van der Waals surface area contributed by atoms with Crippen molar-refractivity contribution in [3.8, 4) is 0 Å². The molecule has 3 nitrogen and oxygen atoms in total. The van der Waals surface area contributed by atoms with Crippen LogP contribution < -0.4 is 5.32 Å². The predicted octanol–water partition coefficient (Wildman–Crippen LogP) is 2.86. The first kappa shape index (κ1) is 15.3. The number of piperidine rings is 1. The van der Waals surface area contributed by atoms with Crippen LogP contribution in [0.25, 0.3) is 0 Å². The van der Waals surface area contributed by atoms with Crippen LogP contribution in [0.3, 0.4) is 0 Å². The third kappa shape index (κ3) is 3.30. The number of nitrogens with one attached hydrogen (secondary N) is 1. The Balaban J connectivity index is 2.16. The van der Waals surface area contributed by atoms with E-state index >= 15 is 0 Å². The summed E-state index contributed by atoms with van der Waals surface area (Å²) in [6.45, 7) is 4.01. The molecule has 0 spiro atoms. The summed E-state index contributed by atoms with van der Waals surface area (Å²) in [6, 6.07) is 2.76. The van der Waals surface area contributed by atoms with Crippen molar-refractivity contribution in [2.75, 3.05) is 26.7 Å². The Kier molecular flexibility index (Phi) is 5.00. The van der Waals surface area contributed by atoms with Gasteiger partial charge in [0.05, 0.1) is 10.6 Å². The van der Waals surface area contributed by atoms with E-state index in [1.807, 2.05) is 11.9 Å². The molecule has 110 valence electrons. The lowest BCUT2D eigenvalue weighted by atomic mass is 9.97. The number of carbonyl (C=O) groups excluding carboxylic acids is 1. The molecule has 1 fully saturated rings. The second-order valence-electron chi connectivity index (χ2n) is 5.40. The largest absolute Gasteiger partial charge is 0.338 e. The van der Waals surface area contributed by atoms with Crippen LogP contribution in [0, 0.1) is 18.7 Å². The van der Waals surface area contributed by atoms with E-state index in [4.69, 9.17) is 11.6 Å². The summed E-state index contributed by atoms with van der Waals surface area (Å²) < 4.78 is 13.4. The van der Waals surface area contributed by atoms with E-state index in [9.17, 15) is 9.18 Å². The third-order valence-corrected chi connectivity index (χ3v) is 4.09. The quantitative estimate of drug-likeness (QED) is 0.930. The van der Waals surface area contributed by atoms with Gasteiger partial charge >= 0.3 is 0 Å². The number of nitrogens with zero attached hydrogens (tertiary/aromatic N) is 1. The van der Waals surface area contributed by atoms with Gasteiger partial charge in [-0.25, -0.2) is 4.39 Å². The number of aryl methyl sites for hydroxylation is 1. The molecule has 1 aliphatic heterocycles. The first-order chi connectivity index (χ1) is 9.52. The summed E-state index contributed by atoms with van der Waals surface area (Å²) in [4.78, 5) is 14.4. The Labute approximate surface area is 124 Å². The SMILES string of the molecule is CNC[C@@H]1CCCN(C(=O)c2cc(C)c(F)cc2Cl)C1. The van der Waals surface area contributed by atoms with Gasteiger partial charge in [-0.2, -0.15) is 0 Å². The molecular weight excluding hydrogens is 279 g/mol. The first-order valence-corrected chi connectivity index (χ1v) is 7.30. The highest BCUT2D eigenvalue weighted by Gasteiger charge is 2.25. The Hall–Kier alpha value is -1.13. The van der Waals surface area contributed by atoms with Gasteiger partial charge in [-0.05, 0) is 57.0 Å². The molecule has 1 aromatic rings. The maximum absolute atomic E-state index is 13.4. The lowest BCUT2D eigenvalue weighted by Crippen LogP contribution is -2.42.